The third-order valence-corrected chi connectivity index (χ3v) is 4.91. The highest BCUT2D eigenvalue weighted by Gasteiger charge is 2.25. The van der Waals surface area contributed by atoms with E-state index in [-0.39, 0.29) is 0 Å². The van der Waals surface area contributed by atoms with Crippen LogP contribution < -0.4 is 5.73 Å². The van der Waals surface area contributed by atoms with Gasteiger partial charge in [-0.15, -0.1) is 0 Å². The number of fused-ring (bicyclic) bond motifs is 1. The number of benzene rings is 1. The Labute approximate surface area is 121 Å². The molecule has 0 spiro atoms. The second-order valence-electron chi connectivity index (χ2n) is 6.27. The molecule has 1 aliphatic heterocycles. The number of rotatable bonds is 3. The lowest BCUT2D eigenvalue weighted by molar-refractivity contribution is 0.126. The molecular formula is C17H25N3. The lowest BCUT2D eigenvalue weighted by Crippen LogP contribution is -2.42. The lowest BCUT2D eigenvalue weighted by atomic mass is 9.87. The molecule has 0 radical (unpaired) electrons. The SMILES string of the molecule is Cc1[nH]c2ccccc2c1CN1CCC(C)C(CN)C1. The van der Waals surface area contributed by atoms with E-state index >= 15 is 0 Å². The zero-order valence-corrected chi connectivity index (χ0v) is 12.5. The van der Waals surface area contributed by atoms with Crippen molar-refractivity contribution < 1.29 is 0 Å². The molecular weight excluding hydrogens is 246 g/mol. The molecule has 3 rings (SSSR count). The van der Waals surface area contributed by atoms with Crippen LogP contribution in [0, 0.1) is 18.8 Å². The van der Waals surface area contributed by atoms with E-state index in [2.05, 4.69) is 48.0 Å². The van der Waals surface area contributed by atoms with Gasteiger partial charge >= 0.3 is 0 Å². The number of nitrogens with one attached hydrogen (secondary N) is 1. The summed E-state index contributed by atoms with van der Waals surface area (Å²) in [5.74, 6) is 1.41. The molecule has 2 unspecified atom stereocenters. The fourth-order valence-electron chi connectivity index (χ4n) is 3.44. The first-order valence-corrected chi connectivity index (χ1v) is 7.67. The minimum atomic E-state index is 0.647. The van der Waals surface area contributed by atoms with Crippen LogP contribution in [0.5, 0.6) is 0 Å². The van der Waals surface area contributed by atoms with Gasteiger partial charge in [-0.1, -0.05) is 25.1 Å². The molecule has 20 heavy (non-hydrogen) atoms. The van der Waals surface area contributed by atoms with Crippen LogP contribution in [0.3, 0.4) is 0 Å². The van der Waals surface area contributed by atoms with Gasteiger partial charge in [0.25, 0.3) is 0 Å². The number of aromatic nitrogens is 1. The predicted molar refractivity (Wildman–Crippen MR) is 84.6 cm³/mol. The van der Waals surface area contributed by atoms with Crippen LogP contribution >= 0.6 is 0 Å². The molecule has 108 valence electrons. The molecule has 2 heterocycles. The number of likely N-dealkylation sites (tertiary alicyclic amines) is 1. The van der Waals surface area contributed by atoms with E-state index < -0.39 is 0 Å². The molecule has 0 saturated carbocycles. The highest BCUT2D eigenvalue weighted by molar-refractivity contribution is 5.84. The van der Waals surface area contributed by atoms with Crippen LogP contribution in [-0.2, 0) is 6.54 Å². The molecule has 1 aliphatic rings. The largest absolute Gasteiger partial charge is 0.358 e. The molecule has 2 aromatic rings. The number of nitrogens with two attached hydrogens (primary N) is 1. The summed E-state index contributed by atoms with van der Waals surface area (Å²) in [6.07, 6.45) is 1.27. The molecule has 3 nitrogen and oxygen atoms in total. The minimum absolute atomic E-state index is 0.647. The molecule has 1 saturated heterocycles. The van der Waals surface area contributed by atoms with Gasteiger partial charge in [0.1, 0.15) is 0 Å². The molecule has 1 aromatic heterocycles. The van der Waals surface area contributed by atoms with E-state index in [9.17, 15) is 0 Å². The quantitative estimate of drug-likeness (QED) is 0.901. The van der Waals surface area contributed by atoms with E-state index in [0.29, 0.717) is 5.92 Å². The lowest BCUT2D eigenvalue weighted by Gasteiger charge is -2.36. The van der Waals surface area contributed by atoms with Gasteiger partial charge in [-0.05, 0) is 49.9 Å². The van der Waals surface area contributed by atoms with Gasteiger partial charge in [-0.25, -0.2) is 0 Å². The van der Waals surface area contributed by atoms with Crippen molar-refractivity contribution in [3.8, 4) is 0 Å². The van der Waals surface area contributed by atoms with Crippen molar-refractivity contribution in [3.63, 3.8) is 0 Å². The first-order valence-electron chi connectivity index (χ1n) is 7.67. The van der Waals surface area contributed by atoms with Gasteiger partial charge in [-0.2, -0.15) is 0 Å². The van der Waals surface area contributed by atoms with E-state index in [0.717, 1.165) is 25.6 Å². The monoisotopic (exact) mass is 271 g/mol. The van der Waals surface area contributed by atoms with Gasteiger partial charge in [0.05, 0.1) is 0 Å². The summed E-state index contributed by atoms with van der Waals surface area (Å²) in [6, 6.07) is 8.60. The average Bonchev–Trinajstić information content (AvgIpc) is 2.77. The average molecular weight is 271 g/mol. The van der Waals surface area contributed by atoms with Gasteiger partial charge in [0.15, 0.2) is 0 Å². The fourth-order valence-corrected chi connectivity index (χ4v) is 3.44. The summed E-state index contributed by atoms with van der Waals surface area (Å²) in [5.41, 5.74) is 9.92. The van der Waals surface area contributed by atoms with Crippen molar-refractivity contribution in [2.45, 2.75) is 26.8 Å². The summed E-state index contributed by atoms with van der Waals surface area (Å²) in [6.45, 7) is 8.70. The molecule has 0 amide bonds. The number of H-pyrrole nitrogens is 1. The number of nitrogens with zero attached hydrogens (tertiary/aromatic N) is 1. The highest BCUT2D eigenvalue weighted by Crippen LogP contribution is 2.27. The van der Waals surface area contributed by atoms with Crippen molar-refractivity contribution in [2.75, 3.05) is 19.6 Å². The number of aromatic amines is 1. The molecule has 2 atom stereocenters. The van der Waals surface area contributed by atoms with Gasteiger partial charge < -0.3 is 10.7 Å². The van der Waals surface area contributed by atoms with E-state index in [1.54, 1.807) is 0 Å². The van der Waals surface area contributed by atoms with Crippen molar-refractivity contribution >= 4 is 10.9 Å². The maximum Gasteiger partial charge on any atom is 0.0459 e. The Morgan fingerprint density at radius 3 is 2.95 bits per heavy atom. The Balaban J connectivity index is 1.81. The van der Waals surface area contributed by atoms with Gasteiger partial charge in [-0.3, -0.25) is 4.90 Å². The molecule has 3 N–H and O–H groups in total. The van der Waals surface area contributed by atoms with E-state index in [1.807, 2.05) is 0 Å². The van der Waals surface area contributed by atoms with Crippen LogP contribution in [0.4, 0.5) is 0 Å². The maximum atomic E-state index is 5.92. The Kier molecular flexibility index (Phi) is 3.81. The summed E-state index contributed by atoms with van der Waals surface area (Å²) < 4.78 is 0. The summed E-state index contributed by atoms with van der Waals surface area (Å²) in [7, 11) is 0. The summed E-state index contributed by atoms with van der Waals surface area (Å²) >= 11 is 0. The number of para-hydroxylation sites is 1. The third kappa shape index (κ3) is 2.48. The van der Waals surface area contributed by atoms with Gasteiger partial charge in [0, 0.05) is 29.7 Å². The van der Waals surface area contributed by atoms with Crippen LogP contribution in [-0.4, -0.2) is 29.5 Å². The normalized spacial score (nSPS) is 24.4. The van der Waals surface area contributed by atoms with Crippen LogP contribution in [0.15, 0.2) is 24.3 Å². The highest BCUT2D eigenvalue weighted by atomic mass is 15.1. The minimum Gasteiger partial charge on any atom is -0.358 e. The summed E-state index contributed by atoms with van der Waals surface area (Å²) in [5, 5.41) is 1.37. The number of piperidine rings is 1. The molecule has 1 aromatic carbocycles. The van der Waals surface area contributed by atoms with E-state index in [4.69, 9.17) is 5.73 Å². The van der Waals surface area contributed by atoms with E-state index in [1.165, 1.54) is 35.1 Å². The molecule has 0 aliphatic carbocycles. The Morgan fingerprint density at radius 2 is 2.15 bits per heavy atom. The van der Waals surface area contributed by atoms with Crippen LogP contribution in [0.25, 0.3) is 10.9 Å². The van der Waals surface area contributed by atoms with Crippen molar-refractivity contribution in [2.24, 2.45) is 17.6 Å². The zero-order valence-electron chi connectivity index (χ0n) is 12.5. The van der Waals surface area contributed by atoms with Gasteiger partial charge in [0.2, 0.25) is 0 Å². The first kappa shape index (κ1) is 13.7. The first-order chi connectivity index (χ1) is 9.69. The Hall–Kier alpha value is -1.32. The standard InChI is InChI=1S/C17H25N3/c1-12-7-8-20(10-14(12)9-18)11-16-13(2)19-17-6-4-3-5-15(16)17/h3-6,12,14,19H,7-11,18H2,1-2H3. The Morgan fingerprint density at radius 1 is 1.35 bits per heavy atom. The molecule has 0 bridgehead atoms. The fraction of sp³-hybridized carbons (Fsp3) is 0.529. The number of hydrogen-bond acceptors (Lipinski definition) is 2. The van der Waals surface area contributed by atoms with Crippen LogP contribution in [0.1, 0.15) is 24.6 Å². The van der Waals surface area contributed by atoms with Crippen molar-refractivity contribution in [1.29, 1.82) is 0 Å². The van der Waals surface area contributed by atoms with Crippen LogP contribution in [0.2, 0.25) is 0 Å². The topological polar surface area (TPSA) is 45.0 Å². The number of aryl methyl sites for hydroxylation is 1. The second-order valence-corrected chi connectivity index (χ2v) is 6.27. The smallest absolute Gasteiger partial charge is 0.0459 e. The maximum absolute atomic E-state index is 5.92. The predicted octanol–water partition coefficient (Wildman–Crippen LogP) is 2.89. The van der Waals surface area contributed by atoms with Crippen molar-refractivity contribution in [3.05, 3.63) is 35.5 Å². The molecule has 3 heteroatoms. The third-order valence-electron chi connectivity index (χ3n) is 4.91. The Bertz CT molecular complexity index is 587. The summed E-state index contributed by atoms with van der Waals surface area (Å²) in [4.78, 5) is 6.07. The van der Waals surface area contributed by atoms with Crippen molar-refractivity contribution in [1.82, 2.24) is 9.88 Å². The second kappa shape index (κ2) is 5.58. The zero-order chi connectivity index (χ0) is 14.1. The number of hydrogen-bond donors (Lipinski definition) is 2. The molecule has 1 fully saturated rings.